The number of hydrogen-bond donors (Lipinski definition) is 2. The van der Waals surface area contributed by atoms with Gasteiger partial charge in [-0.2, -0.15) is 0 Å². The maximum atomic E-state index is 13.2. The zero-order chi connectivity index (χ0) is 20.6. The van der Waals surface area contributed by atoms with Crippen LogP contribution in [-0.4, -0.2) is 35.4 Å². The number of benzene rings is 2. The van der Waals surface area contributed by atoms with Gasteiger partial charge in [-0.15, -0.1) is 0 Å². The molecule has 1 unspecified atom stereocenters. The molecule has 154 valence electrons. The first-order valence-electron chi connectivity index (χ1n) is 10.6. The van der Waals surface area contributed by atoms with Gasteiger partial charge >= 0.3 is 5.97 Å². The molecule has 1 aliphatic heterocycles. The van der Waals surface area contributed by atoms with Gasteiger partial charge in [-0.05, 0) is 44.7 Å². The number of aliphatic hydroxyl groups is 1. The minimum Gasteiger partial charge on any atom is -0.459 e. The van der Waals surface area contributed by atoms with Crippen molar-refractivity contribution in [3.8, 4) is 0 Å². The Kier molecular flexibility index (Phi) is 5.26. The molecule has 0 bridgehead atoms. The summed E-state index contributed by atoms with van der Waals surface area (Å²) in [5.41, 5.74) is 1.50. The van der Waals surface area contributed by atoms with E-state index in [0.29, 0.717) is 13.0 Å². The number of hydrogen-bond acceptors (Lipinski definition) is 4. The maximum Gasteiger partial charge on any atom is 0.324 e. The predicted molar refractivity (Wildman–Crippen MR) is 114 cm³/mol. The minimum absolute atomic E-state index is 0.00156. The normalized spacial score (nSPS) is 28.6. The van der Waals surface area contributed by atoms with E-state index in [9.17, 15) is 9.90 Å². The van der Waals surface area contributed by atoms with Crippen molar-refractivity contribution in [2.24, 2.45) is 11.8 Å². The Morgan fingerprint density at radius 2 is 1.59 bits per heavy atom. The lowest BCUT2D eigenvalue weighted by Gasteiger charge is -2.49. The second-order valence-corrected chi connectivity index (χ2v) is 9.42. The molecule has 0 spiro atoms. The number of nitrogens with one attached hydrogen (secondary N) is 1. The second-order valence-electron chi connectivity index (χ2n) is 9.42. The van der Waals surface area contributed by atoms with Crippen LogP contribution >= 0.6 is 0 Å². The van der Waals surface area contributed by atoms with Gasteiger partial charge in [0.15, 0.2) is 0 Å². The topological polar surface area (TPSA) is 58.6 Å². The number of rotatable bonds is 3. The van der Waals surface area contributed by atoms with Crippen LogP contribution in [0.25, 0.3) is 0 Å². The molecule has 2 fully saturated rings. The molecule has 2 aromatic carbocycles. The van der Waals surface area contributed by atoms with E-state index in [0.717, 1.165) is 6.42 Å². The van der Waals surface area contributed by atoms with Gasteiger partial charge < -0.3 is 15.2 Å². The molecule has 2 aromatic rings. The van der Waals surface area contributed by atoms with Crippen LogP contribution in [-0.2, 0) is 14.9 Å². The third-order valence-corrected chi connectivity index (χ3v) is 6.53. The number of carbonyl (C=O) groups excluding carboxylic acids is 1. The van der Waals surface area contributed by atoms with Crippen molar-refractivity contribution in [2.45, 2.75) is 56.8 Å². The predicted octanol–water partition coefficient (Wildman–Crippen LogP) is 3.67. The van der Waals surface area contributed by atoms with E-state index in [1.807, 2.05) is 32.9 Å². The first-order valence-corrected chi connectivity index (χ1v) is 10.6. The lowest BCUT2D eigenvalue weighted by Crippen LogP contribution is -2.54. The average molecular weight is 394 g/mol. The summed E-state index contributed by atoms with van der Waals surface area (Å²) in [6, 6.07) is 20.5. The molecule has 4 rings (SSSR count). The fourth-order valence-electron chi connectivity index (χ4n) is 5.45. The van der Waals surface area contributed by atoms with Crippen molar-refractivity contribution in [1.29, 1.82) is 0 Å². The Balaban J connectivity index is 1.86. The summed E-state index contributed by atoms with van der Waals surface area (Å²) in [6.45, 7) is 6.31. The van der Waals surface area contributed by atoms with Crippen molar-refractivity contribution in [1.82, 2.24) is 5.32 Å². The van der Waals surface area contributed by atoms with Gasteiger partial charge in [0.25, 0.3) is 0 Å². The van der Waals surface area contributed by atoms with Crippen LogP contribution in [0.15, 0.2) is 60.7 Å². The molecule has 2 N–H and O–H groups in total. The van der Waals surface area contributed by atoms with Gasteiger partial charge in [0.1, 0.15) is 11.6 Å². The molecule has 4 atom stereocenters. The third-order valence-electron chi connectivity index (χ3n) is 6.53. The van der Waals surface area contributed by atoms with Gasteiger partial charge in [0.2, 0.25) is 0 Å². The quantitative estimate of drug-likeness (QED) is 0.781. The summed E-state index contributed by atoms with van der Waals surface area (Å²) in [6.07, 6.45) is 1.10. The molecule has 1 saturated carbocycles. The van der Waals surface area contributed by atoms with Crippen molar-refractivity contribution >= 4 is 5.97 Å². The lowest BCUT2D eigenvalue weighted by molar-refractivity contribution is -0.159. The van der Waals surface area contributed by atoms with E-state index in [1.54, 1.807) is 0 Å². The Hall–Kier alpha value is -2.17. The Morgan fingerprint density at radius 1 is 1.03 bits per heavy atom. The molecule has 2 aliphatic rings. The molecule has 1 aliphatic carbocycles. The molecular formula is C25H31NO3. The SMILES string of the molecule is CC(C)(C)OC(=O)C1NC[C@H]2[C@@H]1C(c1ccccc1)(c1ccccc1)CC[C@@H]2O. The first-order chi connectivity index (χ1) is 13.8. The van der Waals surface area contributed by atoms with Gasteiger partial charge in [-0.1, -0.05) is 60.7 Å². The standard InChI is InChI=1S/C25H31NO3/c1-24(2,3)29-23(28)22-21-19(16-26-22)20(27)14-15-25(21,17-10-6-4-7-11-17)18-12-8-5-9-13-18/h4-13,19-22,26-27H,14-16H2,1-3H3/t19-,20+,21+,22?/m1/s1. The van der Waals surface area contributed by atoms with Gasteiger partial charge in [-0.25, -0.2) is 0 Å². The highest BCUT2D eigenvalue weighted by atomic mass is 16.6. The first kappa shape index (κ1) is 20.1. The van der Waals surface area contributed by atoms with Gasteiger partial charge in [-0.3, -0.25) is 4.79 Å². The molecule has 1 saturated heterocycles. The summed E-state index contributed by atoms with van der Waals surface area (Å²) in [5, 5.41) is 14.3. The van der Waals surface area contributed by atoms with E-state index in [4.69, 9.17) is 4.74 Å². The van der Waals surface area contributed by atoms with Gasteiger partial charge in [0.05, 0.1) is 6.10 Å². The molecule has 0 amide bonds. The van der Waals surface area contributed by atoms with E-state index in [2.05, 4.69) is 53.8 Å². The fourth-order valence-corrected chi connectivity index (χ4v) is 5.45. The Bertz CT molecular complexity index is 804. The largest absolute Gasteiger partial charge is 0.459 e. The molecule has 0 aromatic heterocycles. The van der Waals surface area contributed by atoms with Crippen LogP contribution in [0.3, 0.4) is 0 Å². The van der Waals surface area contributed by atoms with Crippen molar-refractivity contribution in [2.75, 3.05) is 6.54 Å². The summed E-state index contributed by atoms with van der Waals surface area (Å²) in [7, 11) is 0. The van der Waals surface area contributed by atoms with E-state index < -0.39 is 17.7 Å². The average Bonchev–Trinajstić information content (AvgIpc) is 3.16. The van der Waals surface area contributed by atoms with Crippen LogP contribution in [0, 0.1) is 11.8 Å². The number of aliphatic hydroxyl groups excluding tert-OH is 1. The fraction of sp³-hybridized carbons (Fsp3) is 0.480. The van der Waals surface area contributed by atoms with Crippen molar-refractivity contribution in [3.05, 3.63) is 71.8 Å². The Labute approximate surface area is 173 Å². The second kappa shape index (κ2) is 7.58. The lowest BCUT2D eigenvalue weighted by atomic mass is 9.54. The third kappa shape index (κ3) is 3.60. The maximum absolute atomic E-state index is 13.2. The smallest absolute Gasteiger partial charge is 0.324 e. The van der Waals surface area contributed by atoms with Crippen LogP contribution in [0.1, 0.15) is 44.7 Å². The zero-order valence-electron chi connectivity index (χ0n) is 17.5. The van der Waals surface area contributed by atoms with Crippen LogP contribution < -0.4 is 5.32 Å². The number of fused-ring (bicyclic) bond motifs is 1. The monoisotopic (exact) mass is 393 g/mol. The molecule has 4 heteroatoms. The number of carbonyl (C=O) groups is 1. The summed E-state index contributed by atoms with van der Waals surface area (Å²) in [4.78, 5) is 13.2. The summed E-state index contributed by atoms with van der Waals surface area (Å²) in [5.74, 6) is -0.303. The Morgan fingerprint density at radius 3 is 2.10 bits per heavy atom. The summed E-state index contributed by atoms with van der Waals surface area (Å²) < 4.78 is 5.79. The van der Waals surface area contributed by atoms with Gasteiger partial charge in [0, 0.05) is 23.8 Å². The molecule has 1 heterocycles. The highest BCUT2D eigenvalue weighted by Gasteiger charge is 2.58. The molecule has 4 nitrogen and oxygen atoms in total. The molecule has 29 heavy (non-hydrogen) atoms. The highest BCUT2D eigenvalue weighted by molar-refractivity contribution is 5.78. The highest BCUT2D eigenvalue weighted by Crippen LogP contribution is 2.54. The number of esters is 1. The molecule has 0 radical (unpaired) electrons. The number of ether oxygens (including phenoxy) is 1. The molecular weight excluding hydrogens is 362 g/mol. The van der Waals surface area contributed by atoms with Crippen LogP contribution in [0.2, 0.25) is 0 Å². The van der Waals surface area contributed by atoms with Crippen molar-refractivity contribution < 1.29 is 14.6 Å². The summed E-state index contributed by atoms with van der Waals surface area (Å²) >= 11 is 0. The zero-order valence-corrected chi connectivity index (χ0v) is 17.5. The van der Waals surface area contributed by atoms with Crippen molar-refractivity contribution in [3.63, 3.8) is 0 Å². The van der Waals surface area contributed by atoms with E-state index in [-0.39, 0.29) is 23.2 Å². The van der Waals surface area contributed by atoms with Crippen LogP contribution in [0.5, 0.6) is 0 Å². The van der Waals surface area contributed by atoms with E-state index in [1.165, 1.54) is 11.1 Å². The minimum atomic E-state index is -0.549. The van der Waals surface area contributed by atoms with E-state index >= 15 is 0 Å². The van der Waals surface area contributed by atoms with Crippen LogP contribution in [0.4, 0.5) is 0 Å².